The minimum absolute atomic E-state index is 0.400. The molecule has 1 unspecified atom stereocenters. The average molecular weight is 855 g/mol. The van der Waals surface area contributed by atoms with Crippen molar-refractivity contribution in [3.8, 4) is 0 Å². The monoisotopic (exact) mass is 854 g/mol. The first-order valence-corrected chi connectivity index (χ1v) is 18.2. The number of carbonyl (C=O) groups is 1. The van der Waals surface area contributed by atoms with E-state index in [1.165, 1.54) is 0 Å². The molecule has 27 nitrogen and oxygen atoms in total. The van der Waals surface area contributed by atoms with Gasteiger partial charge in [0.25, 0.3) is 0 Å². The van der Waals surface area contributed by atoms with Crippen molar-refractivity contribution < 1.29 is 133 Å². The molecule has 0 amide bonds. The van der Waals surface area contributed by atoms with Crippen LogP contribution in [0.1, 0.15) is 0 Å². The third-order valence-electron chi connectivity index (χ3n) is 10.5. The molecule has 6 heterocycles. The van der Waals surface area contributed by atoms with Crippen LogP contribution in [0.5, 0.6) is 0 Å². The lowest BCUT2D eigenvalue weighted by atomic mass is 9.98. The van der Waals surface area contributed by atoms with Crippen molar-refractivity contribution in [2.75, 3.05) is 33.0 Å². The summed E-state index contributed by atoms with van der Waals surface area (Å²) in [5, 5.41) is 155. The van der Waals surface area contributed by atoms with Crippen molar-refractivity contribution in [3.05, 3.63) is 0 Å². The molecule has 0 radical (unpaired) electrons. The normalized spacial score (nSPS) is 53.2. The summed E-state index contributed by atoms with van der Waals surface area (Å²) < 4.78 is 60.0. The molecule has 0 saturated carbocycles. The maximum absolute atomic E-state index is 11.7. The average Bonchev–Trinajstić information content (AvgIpc) is 3.19. The molecule has 6 fully saturated rings. The first-order valence-electron chi connectivity index (χ1n) is 18.2. The van der Waals surface area contributed by atoms with E-state index in [2.05, 4.69) is 0 Å². The number of carboxylic acid groups (broad SMARTS) is 1. The topological polar surface area (TPSA) is 422 Å². The van der Waals surface area contributed by atoms with Crippen LogP contribution in [0.4, 0.5) is 0 Å². The Morgan fingerprint density at radius 2 is 0.776 bits per heavy atom. The van der Waals surface area contributed by atoms with E-state index in [0.717, 1.165) is 0 Å². The van der Waals surface area contributed by atoms with E-state index in [1.54, 1.807) is 0 Å². The van der Waals surface area contributed by atoms with Crippen molar-refractivity contribution >= 4 is 5.97 Å². The van der Waals surface area contributed by atoms with E-state index in [4.69, 9.17) is 52.1 Å². The van der Waals surface area contributed by atoms with Crippen LogP contribution in [0, 0.1) is 0 Å². The fraction of sp³-hybridized carbons (Fsp3) is 0.968. The minimum atomic E-state index is -2.14. The van der Waals surface area contributed by atoms with Crippen LogP contribution in [0.25, 0.3) is 0 Å². The summed E-state index contributed by atoms with van der Waals surface area (Å²) >= 11 is 0. The largest absolute Gasteiger partial charge is 0.479 e. The zero-order valence-corrected chi connectivity index (χ0v) is 30.1. The van der Waals surface area contributed by atoms with Gasteiger partial charge >= 0.3 is 5.97 Å². The Labute approximate surface area is 326 Å². The lowest BCUT2D eigenvalue weighted by molar-refractivity contribution is -0.383. The minimum Gasteiger partial charge on any atom is -0.479 e. The van der Waals surface area contributed by atoms with Gasteiger partial charge in [-0.05, 0) is 0 Å². The highest BCUT2D eigenvalue weighted by atomic mass is 16.8. The van der Waals surface area contributed by atoms with Gasteiger partial charge < -0.3 is 129 Å². The van der Waals surface area contributed by atoms with Gasteiger partial charge in [-0.2, -0.15) is 0 Å². The zero-order valence-electron chi connectivity index (χ0n) is 30.1. The van der Waals surface area contributed by atoms with Crippen LogP contribution >= 0.6 is 0 Å². The predicted molar refractivity (Wildman–Crippen MR) is 170 cm³/mol. The molecule has 0 aliphatic carbocycles. The second-order valence-electron chi connectivity index (χ2n) is 14.5. The van der Waals surface area contributed by atoms with Crippen molar-refractivity contribution in [3.63, 3.8) is 0 Å². The Morgan fingerprint density at radius 3 is 1.29 bits per heavy atom. The highest BCUT2D eigenvalue weighted by molar-refractivity contribution is 5.73. The molecule has 0 aromatic rings. The maximum Gasteiger partial charge on any atom is 0.335 e. The number of aliphatic hydroxyl groups is 14. The second-order valence-corrected chi connectivity index (χ2v) is 14.5. The van der Waals surface area contributed by atoms with Crippen LogP contribution < -0.4 is 0 Å². The van der Waals surface area contributed by atoms with Gasteiger partial charge in [0.05, 0.1) is 33.0 Å². The number of ether oxygens (including phenoxy) is 11. The van der Waals surface area contributed by atoms with Crippen molar-refractivity contribution in [1.29, 1.82) is 0 Å². The van der Waals surface area contributed by atoms with Crippen LogP contribution in [0.15, 0.2) is 0 Å². The van der Waals surface area contributed by atoms with Gasteiger partial charge in [-0.25, -0.2) is 4.79 Å². The van der Waals surface area contributed by atoms with E-state index >= 15 is 0 Å². The highest BCUT2D eigenvalue weighted by Crippen LogP contribution is 2.33. The smallest absolute Gasteiger partial charge is 0.335 e. The molecule has 0 aromatic heterocycles. The van der Waals surface area contributed by atoms with E-state index in [0.29, 0.717) is 0 Å². The van der Waals surface area contributed by atoms with Gasteiger partial charge in [0, 0.05) is 0 Å². The van der Waals surface area contributed by atoms with E-state index in [9.17, 15) is 81.4 Å². The summed E-state index contributed by atoms with van der Waals surface area (Å²) in [5.74, 6) is -1.76. The first-order chi connectivity index (χ1) is 27.4. The second kappa shape index (κ2) is 19.2. The Morgan fingerprint density at radius 1 is 0.379 bits per heavy atom. The number of aliphatic carboxylic acids is 1. The standard InChI is InChI=1S/C31H50O27/c32-6-1-49-27(19(41)11(6)33)55-10-5-52-31(24(15(10)37)58-30-22(44)16(38)17(39)23(57-30)25(45)46)56-9-4-51-29(21(43)14(9)36)54-8-3-50-28(20(42)13(8)35)53-7-2-48-26(47)18(40)12(7)34/h6-24,26-44,47H,1-5H2,(H,45,46)/t6-,7-,8-,9-,10-,11+,12+,13+,14+,15+,16+,17+,18-,19-,20-,21-,22-,23+,24-,26?,27+,28+,29+,30-,31+/m1/s1. The lowest BCUT2D eigenvalue weighted by Crippen LogP contribution is -2.65. The van der Waals surface area contributed by atoms with Crippen LogP contribution in [0.2, 0.25) is 0 Å². The predicted octanol–water partition coefficient (Wildman–Crippen LogP) is -10.8. The molecule has 6 rings (SSSR count). The molecule has 0 bridgehead atoms. The number of carboxylic acids is 1. The summed E-state index contributed by atoms with van der Waals surface area (Å²) in [7, 11) is 0. The molecule has 0 aromatic carbocycles. The summed E-state index contributed by atoms with van der Waals surface area (Å²) in [5.41, 5.74) is 0. The molecule has 27 heteroatoms. The third kappa shape index (κ3) is 9.58. The van der Waals surface area contributed by atoms with Crippen LogP contribution in [0.3, 0.4) is 0 Å². The number of hydrogen-bond acceptors (Lipinski definition) is 26. The van der Waals surface area contributed by atoms with E-state index in [1.807, 2.05) is 0 Å². The van der Waals surface area contributed by atoms with Crippen molar-refractivity contribution in [2.24, 2.45) is 0 Å². The summed E-state index contributed by atoms with van der Waals surface area (Å²) in [6, 6.07) is 0. The molecular formula is C31H50O27. The van der Waals surface area contributed by atoms with Crippen LogP contribution in [-0.2, 0) is 56.9 Å². The first kappa shape index (κ1) is 46.0. The molecule has 58 heavy (non-hydrogen) atoms. The summed E-state index contributed by atoms with van der Waals surface area (Å²) in [6.07, 6.45) is -44.4. The van der Waals surface area contributed by atoms with E-state index < -0.39 is 193 Å². The van der Waals surface area contributed by atoms with Gasteiger partial charge in [-0.1, -0.05) is 0 Å². The van der Waals surface area contributed by atoms with E-state index in [-0.39, 0.29) is 0 Å². The molecule has 336 valence electrons. The van der Waals surface area contributed by atoms with Gasteiger partial charge in [0.1, 0.15) is 110 Å². The number of rotatable bonds is 11. The molecule has 6 aliphatic heterocycles. The lowest BCUT2D eigenvalue weighted by Gasteiger charge is -2.47. The number of aliphatic hydroxyl groups excluding tert-OH is 14. The molecule has 0 spiro atoms. The summed E-state index contributed by atoms with van der Waals surface area (Å²) in [4.78, 5) is 11.7. The molecule has 6 aliphatic rings. The van der Waals surface area contributed by atoms with Gasteiger partial charge in [-0.3, -0.25) is 0 Å². The Kier molecular flexibility index (Phi) is 15.3. The van der Waals surface area contributed by atoms with Gasteiger partial charge in [0.15, 0.2) is 43.8 Å². The van der Waals surface area contributed by atoms with Crippen LogP contribution in [-0.4, -0.2) is 269 Å². The quantitative estimate of drug-likeness (QED) is 0.0917. The third-order valence-corrected chi connectivity index (χ3v) is 10.5. The Balaban J connectivity index is 1.09. The fourth-order valence-electron chi connectivity index (χ4n) is 6.96. The maximum atomic E-state index is 11.7. The zero-order chi connectivity index (χ0) is 42.3. The summed E-state index contributed by atoms with van der Waals surface area (Å²) in [6.45, 7) is -2.58. The fourth-order valence-corrected chi connectivity index (χ4v) is 6.96. The molecule has 25 atom stereocenters. The van der Waals surface area contributed by atoms with Crippen molar-refractivity contribution in [1.82, 2.24) is 0 Å². The Hall–Kier alpha value is -1.53. The van der Waals surface area contributed by atoms with Crippen molar-refractivity contribution in [2.45, 2.75) is 154 Å². The van der Waals surface area contributed by atoms with Gasteiger partial charge in [0.2, 0.25) is 0 Å². The highest BCUT2D eigenvalue weighted by Gasteiger charge is 2.54. The Bertz CT molecular complexity index is 1330. The SMILES string of the molecule is O=C(O)[C@H]1O[C@H](O[C@H]2[C@H](O[C@@H]3CO[C@@H](O[C@@H]4CO[C@@H](O[C@@H]5COC(O)[C@H](O)[C@H]5O)[C@H](O)[C@H]4O)[C@H](O)[C@H]3O)OC[C@@H](O[C@@H]3OC[C@@H](O)[C@H](O)[C@H]3O)[C@@H]2O)[C@H](O)[C@@H](O)[C@@H]1O. The molecular weight excluding hydrogens is 804 g/mol. The molecule has 6 saturated heterocycles. The molecule has 15 N–H and O–H groups in total. The van der Waals surface area contributed by atoms with Gasteiger partial charge in [-0.15, -0.1) is 0 Å². The number of hydrogen-bond donors (Lipinski definition) is 15.